The molecule has 1 unspecified atom stereocenters. The molecule has 1 saturated heterocycles. The summed E-state index contributed by atoms with van der Waals surface area (Å²) in [7, 11) is 0. The van der Waals surface area contributed by atoms with Crippen LogP contribution >= 0.6 is 11.3 Å². The van der Waals surface area contributed by atoms with Gasteiger partial charge in [-0.15, -0.1) is 11.3 Å². The van der Waals surface area contributed by atoms with Gasteiger partial charge in [-0.2, -0.15) is 0 Å². The SMILES string of the molecule is O=C(NCCc1nc(C2CC2)cs1)C1CCCN(C(=O)C2CC2)C1. The van der Waals surface area contributed by atoms with E-state index in [1.807, 2.05) is 4.90 Å². The second kappa shape index (κ2) is 6.82. The van der Waals surface area contributed by atoms with Crippen molar-refractivity contribution in [2.24, 2.45) is 11.8 Å². The minimum atomic E-state index is -0.0419. The van der Waals surface area contributed by atoms with Gasteiger partial charge in [-0.05, 0) is 38.5 Å². The van der Waals surface area contributed by atoms with Gasteiger partial charge in [0.25, 0.3) is 0 Å². The van der Waals surface area contributed by atoms with Crippen molar-refractivity contribution in [1.82, 2.24) is 15.2 Å². The predicted molar refractivity (Wildman–Crippen MR) is 92.8 cm³/mol. The maximum absolute atomic E-state index is 12.4. The summed E-state index contributed by atoms with van der Waals surface area (Å²) in [5.41, 5.74) is 1.24. The molecular formula is C18H25N3O2S. The van der Waals surface area contributed by atoms with Crippen molar-refractivity contribution in [2.45, 2.75) is 50.9 Å². The van der Waals surface area contributed by atoms with Crippen LogP contribution in [0.5, 0.6) is 0 Å². The van der Waals surface area contributed by atoms with E-state index in [9.17, 15) is 9.59 Å². The van der Waals surface area contributed by atoms with Gasteiger partial charge in [0.2, 0.25) is 11.8 Å². The van der Waals surface area contributed by atoms with E-state index in [1.165, 1.54) is 18.5 Å². The molecule has 0 spiro atoms. The first-order valence-electron chi connectivity index (χ1n) is 9.21. The fourth-order valence-corrected chi connectivity index (χ4v) is 4.30. The first-order valence-corrected chi connectivity index (χ1v) is 10.1. The van der Waals surface area contributed by atoms with Crippen molar-refractivity contribution in [1.29, 1.82) is 0 Å². The van der Waals surface area contributed by atoms with Crippen LogP contribution in [0.25, 0.3) is 0 Å². The maximum Gasteiger partial charge on any atom is 0.225 e. The average Bonchev–Trinajstić information content (AvgIpc) is 3.53. The van der Waals surface area contributed by atoms with Crippen molar-refractivity contribution >= 4 is 23.2 Å². The molecule has 0 aromatic carbocycles. The monoisotopic (exact) mass is 347 g/mol. The maximum atomic E-state index is 12.4. The summed E-state index contributed by atoms with van der Waals surface area (Å²) in [6, 6.07) is 0. The topological polar surface area (TPSA) is 62.3 Å². The van der Waals surface area contributed by atoms with Gasteiger partial charge in [0.05, 0.1) is 16.6 Å². The van der Waals surface area contributed by atoms with Crippen molar-refractivity contribution in [3.63, 3.8) is 0 Å². The molecule has 2 aliphatic carbocycles. The third kappa shape index (κ3) is 3.79. The predicted octanol–water partition coefficient (Wildman–Crippen LogP) is 2.33. The Hall–Kier alpha value is -1.43. The van der Waals surface area contributed by atoms with Gasteiger partial charge in [0.1, 0.15) is 0 Å². The van der Waals surface area contributed by atoms with Crippen LogP contribution in [-0.4, -0.2) is 41.3 Å². The smallest absolute Gasteiger partial charge is 0.225 e. The second-order valence-electron chi connectivity index (χ2n) is 7.38. The minimum absolute atomic E-state index is 0.0419. The molecular weight excluding hydrogens is 322 g/mol. The quantitative estimate of drug-likeness (QED) is 0.859. The number of rotatable bonds is 6. The number of hydrogen-bond acceptors (Lipinski definition) is 4. The Morgan fingerprint density at radius 1 is 1.21 bits per heavy atom. The molecule has 2 amide bonds. The van der Waals surface area contributed by atoms with Gasteiger partial charge in [-0.1, -0.05) is 0 Å². The van der Waals surface area contributed by atoms with E-state index in [2.05, 4.69) is 15.7 Å². The van der Waals surface area contributed by atoms with E-state index < -0.39 is 0 Å². The van der Waals surface area contributed by atoms with E-state index in [-0.39, 0.29) is 23.7 Å². The normalized spacial score (nSPS) is 24.0. The molecule has 1 aromatic heterocycles. The summed E-state index contributed by atoms with van der Waals surface area (Å²) in [4.78, 5) is 31.1. The Morgan fingerprint density at radius 2 is 2.04 bits per heavy atom. The standard InChI is InChI=1S/C18H25N3O2S/c22-17(14-2-1-9-21(10-14)18(23)13-5-6-13)19-8-7-16-20-15(11-24-16)12-3-4-12/h11-14H,1-10H2,(H,19,22). The summed E-state index contributed by atoms with van der Waals surface area (Å²) < 4.78 is 0. The lowest BCUT2D eigenvalue weighted by Gasteiger charge is -2.32. The van der Waals surface area contributed by atoms with E-state index in [1.54, 1.807) is 11.3 Å². The number of nitrogens with one attached hydrogen (secondary N) is 1. The lowest BCUT2D eigenvalue weighted by molar-refractivity contribution is -0.136. The van der Waals surface area contributed by atoms with E-state index in [4.69, 9.17) is 0 Å². The van der Waals surface area contributed by atoms with Gasteiger partial charge >= 0.3 is 0 Å². The molecule has 2 heterocycles. The van der Waals surface area contributed by atoms with Crippen LogP contribution in [0.2, 0.25) is 0 Å². The van der Waals surface area contributed by atoms with Crippen LogP contribution in [0.3, 0.4) is 0 Å². The molecule has 1 aromatic rings. The molecule has 1 atom stereocenters. The third-order valence-electron chi connectivity index (χ3n) is 5.23. The average molecular weight is 347 g/mol. The molecule has 3 fully saturated rings. The fourth-order valence-electron chi connectivity index (χ4n) is 3.42. The van der Waals surface area contributed by atoms with E-state index >= 15 is 0 Å². The zero-order valence-electron chi connectivity index (χ0n) is 14.0. The Labute approximate surface area is 146 Å². The van der Waals surface area contributed by atoms with Gasteiger partial charge in [-0.25, -0.2) is 4.98 Å². The van der Waals surface area contributed by atoms with Crippen molar-refractivity contribution in [2.75, 3.05) is 19.6 Å². The molecule has 1 aliphatic heterocycles. The van der Waals surface area contributed by atoms with Crippen LogP contribution in [0.1, 0.15) is 55.1 Å². The Balaban J connectivity index is 1.22. The summed E-state index contributed by atoms with van der Waals surface area (Å²) in [6.07, 6.45) is 7.25. The fraction of sp³-hybridized carbons (Fsp3) is 0.722. The summed E-state index contributed by atoms with van der Waals surface area (Å²) >= 11 is 1.70. The molecule has 24 heavy (non-hydrogen) atoms. The molecule has 6 heteroatoms. The molecule has 4 rings (SSSR count). The number of carbonyl (C=O) groups is 2. The molecule has 5 nitrogen and oxygen atoms in total. The number of amides is 2. The van der Waals surface area contributed by atoms with E-state index in [0.29, 0.717) is 19.0 Å². The number of piperidine rings is 1. The molecule has 1 N–H and O–H groups in total. The lowest BCUT2D eigenvalue weighted by atomic mass is 9.96. The third-order valence-corrected chi connectivity index (χ3v) is 6.16. The number of aromatic nitrogens is 1. The molecule has 3 aliphatic rings. The van der Waals surface area contributed by atoms with Crippen LogP contribution in [0.15, 0.2) is 5.38 Å². The first-order chi connectivity index (χ1) is 11.7. The van der Waals surface area contributed by atoms with Gasteiger partial charge < -0.3 is 10.2 Å². The van der Waals surface area contributed by atoms with Crippen molar-refractivity contribution in [3.8, 4) is 0 Å². The van der Waals surface area contributed by atoms with Crippen molar-refractivity contribution in [3.05, 3.63) is 16.1 Å². The zero-order chi connectivity index (χ0) is 16.5. The Bertz CT molecular complexity index is 622. The molecule has 130 valence electrons. The van der Waals surface area contributed by atoms with E-state index in [0.717, 1.165) is 43.7 Å². The molecule has 0 radical (unpaired) electrons. The van der Waals surface area contributed by atoms with Crippen LogP contribution in [0, 0.1) is 11.8 Å². The summed E-state index contributed by atoms with van der Waals surface area (Å²) in [6.45, 7) is 2.07. The highest BCUT2D eigenvalue weighted by Crippen LogP contribution is 2.40. The highest BCUT2D eigenvalue weighted by molar-refractivity contribution is 7.09. The highest BCUT2D eigenvalue weighted by atomic mass is 32.1. The summed E-state index contributed by atoms with van der Waals surface area (Å²) in [5.74, 6) is 1.27. The van der Waals surface area contributed by atoms with Gasteiger partial charge in [0, 0.05) is 43.3 Å². The molecule has 0 bridgehead atoms. The number of thiazole rings is 1. The zero-order valence-corrected chi connectivity index (χ0v) is 14.8. The minimum Gasteiger partial charge on any atom is -0.355 e. The van der Waals surface area contributed by atoms with Crippen molar-refractivity contribution < 1.29 is 9.59 Å². The number of hydrogen-bond donors (Lipinski definition) is 1. The highest BCUT2D eigenvalue weighted by Gasteiger charge is 2.36. The van der Waals surface area contributed by atoms with Crippen LogP contribution in [-0.2, 0) is 16.0 Å². The number of likely N-dealkylation sites (tertiary alicyclic amines) is 1. The van der Waals surface area contributed by atoms with Gasteiger partial charge in [-0.3, -0.25) is 9.59 Å². The second-order valence-corrected chi connectivity index (χ2v) is 8.32. The Morgan fingerprint density at radius 3 is 2.79 bits per heavy atom. The molecule has 2 saturated carbocycles. The lowest BCUT2D eigenvalue weighted by Crippen LogP contribution is -2.46. The number of carbonyl (C=O) groups excluding carboxylic acids is 2. The first kappa shape index (κ1) is 16.1. The van der Waals surface area contributed by atoms with Gasteiger partial charge in [0.15, 0.2) is 0 Å². The van der Waals surface area contributed by atoms with Crippen LogP contribution in [0.4, 0.5) is 0 Å². The summed E-state index contributed by atoms with van der Waals surface area (Å²) in [5, 5.41) is 6.33. The number of nitrogens with zero attached hydrogens (tertiary/aromatic N) is 2. The largest absolute Gasteiger partial charge is 0.355 e. The van der Waals surface area contributed by atoms with Crippen LogP contribution < -0.4 is 5.32 Å². The Kier molecular flexibility index (Phi) is 4.57.